The van der Waals surface area contributed by atoms with E-state index >= 15 is 0 Å². The number of thioether (sulfide) groups is 1. The molecule has 0 amide bonds. The van der Waals surface area contributed by atoms with Crippen LogP contribution in [0.3, 0.4) is 0 Å². The molecular formula is C22H19NSSe. The maximum atomic E-state index is 4.95. The van der Waals surface area contributed by atoms with Gasteiger partial charge >= 0.3 is 160 Å². The molecule has 25 heavy (non-hydrogen) atoms. The van der Waals surface area contributed by atoms with E-state index in [9.17, 15) is 0 Å². The van der Waals surface area contributed by atoms with Gasteiger partial charge in [0.05, 0.1) is 0 Å². The first-order valence-electron chi connectivity index (χ1n) is 8.43. The first kappa shape index (κ1) is 16.7. The molecule has 0 saturated heterocycles. The van der Waals surface area contributed by atoms with Gasteiger partial charge in [-0.1, -0.05) is 0 Å². The number of nitrogens with zero attached hydrogens (tertiary/aromatic N) is 1. The van der Waals surface area contributed by atoms with Gasteiger partial charge in [0.25, 0.3) is 0 Å². The van der Waals surface area contributed by atoms with Crippen molar-refractivity contribution >= 4 is 36.2 Å². The van der Waals surface area contributed by atoms with Crippen LogP contribution in [0.25, 0.3) is 0 Å². The molecule has 2 unspecified atom stereocenters. The van der Waals surface area contributed by atoms with Crippen molar-refractivity contribution in [2.24, 2.45) is 4.99 Å². The fourth-order valence-electron chi connectivity index (χ4n) is 2.94. The molecule has 3 aromatic carbocycles. The van der Waals surface area contributed by atoms with Crippen molar-refractivity contribution in [2.75, 3.05) is 6.54 Å². The van der Waals surface area contributed by atoms with E-state index in [1.807, 2.05) is 11.8 Å². The summed E-state index contributed by atoms with van der Waals surface area (Å²) in [6.07, 6.45) is 0. The molecule has 0 bridgehead atoms. The summed E-state index contributed by atoms with van der Waals surface area (Å²) in [7, 11) is 0. The molecule has 3 heteroatoms. The molecule has 3 aromatic rings. The summed E-state index contributed by atoms with van der Waals surface area (Å²) in [4.78, 5) is 5.53. The number of hydrogen-bond donors (Lipinski definition) is 0. The molecule has 0 spiro atoms. The Morgan fingerprint density at radius 1 is 0.760 bits per heavy atom. The van der Waals surface area contributed by atoms with Crippen LogP contribution in [0.5, 0.6) is 0 Å². The normalized spacial score (nSPS) is 20.1. The second-order valence-corrected chi connectivity index (χ2v) is 9.81. The molecular weight excluding hydrogens is 389 g/mol. The Morgan fingerprint density at radius 3 is 2.04 bits per heavy atom. The van der Waals surface area contributed by atoms with Crippen molar-refractivity contribution in [1.82, 2.24) is 0 Å². The van der Waals surface area contributed by atoms with Crippen molar-refractivity contribution in [1.29, 1.82) is 0 Å². The van der Waals surface area contributed by atoms with Crippen molar-refractivity contribution in [3.05, 3.63) is 102 Å². The van der Waals surface area contributed by atoms with Crippen molar-refractivity contribution in [2.45, 2.75) is 10.1 Å². The van der Waals surface area contributed by atoms with E-state index in [1.54, 1.807) is 0 Å². The fraction of sp³-hybridized carbons (Fsp3) is 0.136. The van der Waals surface area contributed by atoms with E-state index < -0.39 is 0 Å². The van der Waals surface area contributed by atoms with Crippen molar-refractivity contribution in [3.63, 3.8) is 0 Å². The van der Waals surface area contributed by atoms with Gasteiger partial charge in [0.2, 0.25) is 0 Å². The van der Waals surface area contributed by atoms with Gasteiger partial charge in [0.15, 0.2) is 0 Å². The predicted molar refractivity (Wildman–Crippen MR) is 110 cm³/mol. The maximum absolute atomic E-state index is 4.95. The van der Waals surface area contributed by atoms with E-state index in [1.165, 1.54) is 20.6 Å². The number of benzene rings is 3. The van der Waals surface area contributed by atoms with Gasteiger partial charge in [0, 0.05) is 0 Å². The fourth-order valence-corrected chi connectivity index (χ4v) is 7.07. The Hall–Kier alpha value is -1.80. The minimum absolute atomic E-state index is 0.417. The molecule has 1 aliphatic heterocycles. The summed E-state index contributed by atoms with van der Waals surface area (Å²) in [6, 6.07) is 32.4. The van der Waals surface area contributed by atoms with Crippen LogP contribution in [-0.2, 0) is 0 Å². The number of hydrogen-bond acceptors (Lipinski definition) is 2. The summed E-state index contributed by atoms with van der Waals surface area (Å²) in [5.74, 6) is 0. The van der Waals surface area contributed by atoms with Crippen LogP contribution < -0.4 is 4.46 Å². The number of aliphatic imine (C=N–C) groups is 1. The Kier molecular flexibility index (Phi) is 5.36. The van der Waals surface area contributed by atoms with Crippen LogP contribution >= 0.6 is 11.8 Å². The van der Waals surface area contributed by atoms with Gasteiger partial charge in [-0.25, -0.2) is 0 Å². The summed E-state index contributed by atoms with van der Waals surface area (Å²) >= 11 is 2.35. The van der Waals surface area contributed by atoms with E-state index in [0.29, 0.717) is 25.0 Å². The van der Waals surface area contributed by atoms with Crippen LogP contribution in [0.2, 0.25) is 4.82 Å². The molecule has 0 radical (unpaired) electrons. The molecule has 0 aliphatic carbocycles. The average molecular weight is 408 g/mol. The Morgan fingerprint density at radius 2 is 1.36 bits per heavy atom. The van der Waals surface area contributed by atoms with Gasteiger partial charge in [-0.05, 0) is 0 Å². The first-order valence-corrected chi connectivity index (χ1v) is 11.2. The van der Waals surface area contributed by atoms with Crippen LogP contribution in [0.1, 0.15) is 16.4 Å². The SMILES string of the molecule is c1ccc([Se]C2CN=C(c3ccccc3)SC2c2ccccc2)cc1. The zero-order valence-electron chi connectivity index (χ0n) is 13.8. The van der Waals surface area contributed by atoms with Gasteiger partial charge in [-0.3, -0.25) is 0 Å². The average Bonchev–Trinajstić information content (AvgIpc) is 2.70. The Labute approximate surface area is 159 Å². The first-order chi connectivity index (χ1) is 12.4. The monoisotopic (exact) mass is 409 g/mol. The summed E-state index contributed by atoms with van der Waals surface area (Å²) in [6.45, 7) is 0.908. The molecule has 0 N–H and O–H groups in total. The zero-order chi connectivity index (χ0) is 16.9. The molecule has 0 saturated carbocycles. The third kappa shape index (κ3) is 4.07. The van der Waals surface area contributed by atoms with Gasteiger partial charge in [0.1, 0.15) is 0 Å². The summed E-state index contributed by atoms with van der Waals surface area (Å²) in [5.41, 5.74) is 2.65. The van der Waals surface area contributed by atoms with Crippen LogP contribution in [0.15, 0.2) is 96.0 Å². The second kappa shape index (κ2) is 8.05. The zero-order valence-corrected chi connectivity index (χ0v) is 16.3. The number of rotatable bonds is 4. The van der Waals surface area contributed by atoms with E-state index in [-0.39, 0.29) is 0 Å². The van der Waals surface area contributed by atoms with Crippen LogP contribution in [0, 0.1) is 0 Å². The summed E-state index contributed by atoms with van der Waals surface area (Å²) in [5, 5.41) is 1.64. The van der Waals surface area contributed by atoms with E-state index in [2.05, 4.69) is 91.0 Å². The van der Waals surface area contributed by atoms with Gasteiger partial charge < -0.3 is 0 Å². The molecule has 1 heterocycles. The molecule has 1 nitrogen and oxygen atoms in total. The molecule has 0 aromatic heterocycles. The van der Waals surface area contributed by atoms with E-state index in [0.717, 1.165) is 6.54 Å². The van der Waals surface area contributed by atoms with Gasteiger partial charge in [-0.15, -0.1) is 0 Å². The predicted octanol–water partition coefficient (Wildman–Crippen LogP) is 4.74. The quantitative estimate of drug-likeness (QED) is 0.568. The summed E-state index contributed by atoms with van der Waals surface area (Å²) < 4.78 is 1.46. The van der Waals surface area contributed by atoms with Crippen molar-refractivity contribution < 1.29 is 0 Å². The molecule has 1 aliphatic rings. The topological polar surface area (TPSA) is 12.4 Å². The standard InChI is InChI=1S/C22H19NSSe/c1-4-10-17(11-5-1)21-20(25-19-14-8-3-9-15-19)16-23-22(24-21)18-12-6-2-7-13-18/h1-15,20-21H,16H2. The Bertz CT molecular complexity index is 834. The third-order valence-corrected chi connectivity index (χ3v) is 8.66. The Balaban J connectivity index is 1.64. The molecule has 124 valence electrons. The second-order valence-electron chi connectivity index (χ2n) is 5.93. The molecule has 2 atom stereocenters. The van der Waals surface area contributed by atoms with Gasteiger partial charge in [-0.2, -0.15) is 0 Å². The van der Waals surface area contributed by atoms with Crippen molar-refractivity contribution in [3.8, 4) is 0 Å². The molecule has 4 rings (SSSR count). The molecule has 0 fully saturated rings. The van der Waals surface area contributed by atoms with E-state index in [4.69, 9.17) is 4.99 Å². The minimum atomic E-state index is 0.417. The van der Waals surface area contributed by atoms with Crippen LogP contribution in [-0.4, -0.2) is 26.5 Å². The third-order valence-electron chi connectivity index (χ3n) is 4.17. The van der Waals surface area contributed by atoms with Crippen LogP contribution in [0.4, 0.5) is 0 Å².